The van der Waals surface area contributed by atoms with Gasteiger partial charge in [0.1, 0.15) is 16.4 Å². The van der Waals surface area contributed by atoms with E-state index >= 15 is 0 Å². The maximum Gasteiger partial charge on any atom is 0.246 e. The van der Waals surface area contributed by atoms with Crippen LogP contribution in [0, 0.1) is 12.8 Å². The van der Waals surface area contributed by atoms with Crippen molar-refractivity contribution in [1.82, 2.24) is 4.31 Å². The van der Waals surface area contributed by atoms with Gasteiger partial charge in [0.25, 0.3) is 0 Å². The highest BCUT2D eigenvalue weighted by Crippen LogP contribution is 2.35. The third-order valence-corrected chi connectivity index (χ3v) is 6.12. The number of hydrogen-bond donors (Lipinski definition) is 0. The van der Waals surface area contributed by atoms with Gasteiger partial charge in [-0.15, -0.1) is 0 Å². The molecule has 0 N–H and O–H groups in total. The van der Waals surface area contributed by atoms with Crippen LogP contribution in [0.2, 0.25) is 0 Å². The van der Waals surface area contributed by atoms with E-state index in [9.17, 15) is 8.42 Å². The smallest absolute Gasteiger partial charge is 0.246 e. The largest absolute Gasteiger partial charge is 0.494 e. The van der Waals surface area contributed by atoms with Crippen molar-refractivity contribution in [1.29, 1.82) is 0 Å². The highest BCUT2D eigenvalue weighted by Gasteiger charge is 2.31. The summed E-state index contributed by atoms with van der Waals surface area (Å²) in [5.41, 5.74) is 0.876. The number of rotatable bonds is 6. The van der Waals surface area contributed by atoms with Crippen molar-refractivity contribution in [3.63, 3.8) is 0 Å². The summed E-state index contributed by atoms with van der Waals surface area (Å²) in [5.74, 6) is 1.58. The van der Waals surface area contributed by atoms with E-state index in [4.69, 9.17) is 9.47 Å². The Hall–Kier alpha value is -1.27. The number of nitrogens with zero attached hydrogens (tertiary/aromatic N) is 1. The Morgan fingerprint density at radius 3 is 2.22 bits per heavy atom. The zero-order valence-corrected chi connectivity index (χ0v) is 15.3. The monoisotopic (exact) mass is 341 g/mol. The fourth-order valence-electron chi connectivity index (χ4n) is 2.79. The van der Waals surface area contributed by atoms with Crippen molar-refractivity contribution in [2.75, 3.05) is 26.3 Å². The standard InChI is InChI=1S/C17H27NO4S/c1-5-21-15-12-17(16(22-6-2)11-14(15)4)23(19,20)18-9-7-13(3)8-10-18/h11-13H,5-10H2,1-4H3. The van der Waals surface area contributed by atoms with Crippen LogP contribution in [0.4, 0.5) is 0 Å². The molecule has 1 aliphatic rings. The SMILES string of the molecule is CCOc1cc(S(=O)(=O)N2CCC(C)CC2)c(OCC)cc1C. The lowest BCUT2D eigenvalue weighted by molar-refractivity contribution is 0.284. The Morgan fingerprint density at radius 2 is 1.65 bits per heavy atom. The molecular formula is C17H27NO4S. The summed E-state index contributed by atoms with van der Waals surface area (Å²) in [4.78, 5) is 0.211. The predicted octanol–water partition coefficient (Wildman–Crippen LogP) is 3.21. The van der Waals surface area contributed by atoms with Gasteiger partial charge in [0.15, 0.2) is 0 Å². The van der Waals surface area contributed by atoms with Gasteiger partial charge >= 0.3 is 0 Å². The van der Waals surface area contributed by atoms with Gasteiger partial charge in [0.2, 0.25) is 10.0 Å². The average Bonchev–Trinajstić information content (AvgIpc) is 2.50. The van der Waals surface area contributed by atoms with E-state index < -0.39 is 10.0 Å². The molecule has 0 saturated carbocycles. The first-order valence-corrected chi connectivity index (χ1v) is 9.74. The minimum atomic E-state index is -3.57. The average molecular weight is 341 g/mol. The second kappa shape index (κ2) is 7.53. The Balaban J connectivity index is 2.44. The Labute approximate surface area is 139 Å². The highest BCUT2D eigenvalue weighted by molar-refractivity contribution is 7.89. The molecule has 1 aromatic rings. The molecule has 23 heavy (non-hydrogen) atoms. The highest BCUT2D eigenvalue weighted by atomic mass is 32.2. The fraction of sp³-hybridized carbons (Fsp3) is 0.647. The van der Waals surface area contributed by atoms with E-state index in [-0.39, 0.29) is 4.90 Å². The lowest BCUT2D eigenvalue weighted by Crippen LogP contribution is -2.38. The van der Waals surface area contributed by atoms with Gasteiger partial charge in [0, 0.05) is 19.2 Å². The number of aryl methyl sites for hydroxylation is 1. The van der Waals surface area contributed by atoms with Crippen LogP contribution < -0.4 is 9.47 Å². The summed E-state index contributed by atoms with van der Waals surface area (Å²) < 4.78 is 38.8. The maximum absolute atomic E-state index is 13.0. The van der Waals surface area contributed by atoms with Gasteiger partial charge in [-0.2, -0.15) is 4.31 Å². The first-order chi connectivity index (χ1) is 10.9. The van der Waals surface area contributed by atoms with Gasteiger partial charge in [0.05, 0.1) is 13.2 Å². The molecule has 0 spiro atoms. The molecule has 1 aromatic carbocycles. The van der Waals surface area contributed by atoms with Gasteiger partial charge < -0.3 is 9.47 Å². The Kier molecular flexibility index (Phi) is 5.92. The van der Waals surface area contributed by atoms with E-state index in [0.29, 0.717) is 43.7 Å². The summed E-state index contributed by atoms with van der Waals surface area (Å²) in [6.45, 7) is 9.84. The second-order valence-electron chi connectivity index (χ2n) is 6.02. The Bertz CT molecular complexity index is 634. The third kappa shape index (κ3) is 3.98. The molecule has 0 aromatic heterocycles. The topological polar surface area (TPSA) is 55.8 Å². The lowest BCUT2D eigenvalue weighted by atomic mass is 10.0. The zero-order valence-electron chi connectivity index (χ0n) is 14.5. The van der Waals surface area contributed by atoms with Gasteiger partial charge in [-0.3, -0.25) is 0 Å². The van der Waals surface area contributed by atoms with Gasteiger partial charge in [-0.1, -0.05) is 6.92 Å². The maximum atomic E-state index is 13.0. The number of ether oxygens (including phenoxy) is 2. The molecule has 1 saturated heterocycles. The van der Waals surface area contributed by atoms with E-state index in [1.54, 1.807) is 16.4 Å². The first-order valence-electron chi connectivity index (χ1n) is 8.30. The molecule has 6 heteroatoms. The van der Waals surface area contributed by atoms with Crippen molar-refractivity contribution in [3.8, 4) is 11.5 Å². The molecular weight excluding hydrogens is 314 g/mol. The third-order valence-electron chi connectivity index (χ3n) is 4.20. The molecule has 0 amide bonds. The van der Waals surface area contributed by atoms with Crippen LogP contribution in [0.25, 0.3) is 0 Å². The quantitative estimate of drug-likeness (QED) is 0.797. The normalized spacial score (nSPS) is 17.2. The molecule has 0 aliphatic carbocycles. The molecule has 0 radical (unpaired) electrons. The van der Waals surface area contributed by atoms with Crippen LogP contribution >= 0.6 is 0 Å². The lowest BCUT2D eigenvalue weighted by Gasteiger charge is -2.30. The number of hydrogen-bond acceptors (Lipinski definition) is 4. The van der Waals surface area contributed by atoms with E-state index in [1.165, 1.54) is 0 Å². The molecule has 0 atom stereocenters. The predicted molar refractivity (Wildman–Crippen MR) is 90.7 cm³/mol. The molecule has 1 aliphatic heterocycles. The van der Waals surface area contributed by atoms with Crippen molar-refractivity contribution >= 4 is 10.0 Å². The van der Waals surface area contributed by atoms with Crippen LogP contribution in [0.5, 0.6) is 11.5 Å². The fourth-order valence-corrected chi connectivity index (χ4v) is 4.39. The van der Waals surface area contributed by atoms with E-state index in [1.807, 2.05) is 20.8 Å². The summed E-state index contributed by atoms with van der Waals surface area (Å²) >= 11 is 0. The molecule has 0 bridgehead atoms. The molecule has 0 unspecified atom stereocenters. The molecule has 1 heterocycles. The van der Waals surface area contributed by atoms with Crippen LogP contribution in [-0.2, 0) is 10.0 Å². The van der Waals surface area contributed by atoms with Crippen LogP contribution in [0.15, 0.2) is 17.0 Å². The first kappa shape index (κ1) is 18.1. The van der Waals surface area contributed by atoms with Crippen molar-refractivity contribution < 1.29 is 17.9 Å². The van der Waals surface area contributed by atoms with Crippen LogP contribution in [0.3, 0.4) is 0 Å². The van der Waals surface area contributed by atoms with Crippen LogP contribution in [0.1, 0.15) is 39.2 Å². The molecule has 2 rings (SSSR count). The number of piperidine rings is 1. The number of sulfonamides is 1. The minimum Gasteiger partial charge on any atom is -0.494 e. The zero-order chi connectivity index (χ0) is 17.0. The second-order valence-corrected chi connectivity index (χ2v) is 7.92. The summed E-state index contributed by atoms with van der Waals surface area (Å²) in [7, 11) is -3.57. The minimum absolute atomic E-state index is 0.211. The van der Waals surface area contributed by atoms with E-state index in [2.05, 4.69) is 6.92 Å². The van der Waals surface area contributed by atoms with E-state index in [0.717, 1.165) is 18.4 Å². The summed E-state index contributed by atoms with van der Waals surface area (Å²) in [6.07, 6.45) is 1.79. The number of benzene rings is 1. The Morgan fingerprint density at radius 1 is 1.09 bits per heavy atom. The summed E-state index contributed by atoms with van der Waals surface area (Å²) in [6, 6.07) is 3.37. The van der Waals surface area contributed by atoms with Gasteiger partial charge in [-0.25, -0.2) is 8.42 Å². The van der Waals surface area contributed by atoms with Crippen LogP contribution in [-0.4, -0.2) is 39.0 Å². The molecule has 130 valence electrons. The van der Waals surface area contributed by atoms with Crippen molar-refractivity contribution in [2.24, 2.45) is 5.92 Å². The van der Waals surface area contributed by atoms with Gasteiger partial charge in [-0.05, 0) is 51.2 Å². The molecule has 5 nitrogen and oxygen atoms in total. The van der Waals surface area contributed by atoms with Crippen molar-refractivity contribution in [2.45, 2.75) is 45.4 Å². The summed E-state index contributed by atoms with van der Waals surface area (Å²) in [5, 5.41) is 0. The van der Waals surface area contributed by atoms with Crippen molar-refractivity contribution in [3.05, 3.63) is 17.7 Å². The molecule has 1 fully saturated rings.